The van der Waals surface area contributed by atoms with E-state index in [1.165, 1.54) is 0 Å². The summed E-state index contributed by atoms with van der Waals surface area (Å²) in [7, 11) is 0. The summed E-state index contributed by atoms with van der Waals surface area (Å²) in [6, 6.07) is 7.00. The van der Waals surface area contributed by atoms with E-state index in [1.54, 1.807) is 24.3 Å². The lowest BCUT2D eigenvalue weighted by Gasteiger charge is -2.08. The molecule has 1 aromatic rings. The maximum atomic E-state index is 11.1. The van der Waals surface area contributed by atoms with Crippen LogP contribution in [0.2, 0.25) is 0 Å². The van der Waals surface area contributed by atoms with Gasteiger partial charge in [-0.25, -0.2) is 4.79 Å². The molecule has 1 aliphatic heterocycles. The monoisotopic (exact) mass is 202 g/mol. The molecular weight excluding hydrogens is 192 g/mol. The average Bonchev–Trinajstić information content (AvgIpc) is 2.59. The average molecular weight is 202 g/mol. The van der Waals surface area contributed by atoms with Crippen molar-refractivity contribution in [3.8, 4) is 0 Å². The van der Waals surface area contributed by atoms with Gasteiger partial charge in [-0.1, -0.05) is 30.8 Å². The minimum atomic E-state index is -0.334. The lowest BCUT2D eigenvalue weighted by Crippen LogP contribution is -1.98. The van der Waals surface area contributed by atoms with Gasteiger partial charge in [0.25, 0.3) is 0 Å². The normalized spacial score (nSPS) is 20.1. The molecule has 1 heterocycles. The zero-order valence-electron chi connectivity index (χ0n) is 8.10. The van der Waals surface area contributed by atoms with E-state index in [-0.39, 0.29) is 12.1 Å². The number of hydrogen-bond acceptors (Lipinski definition) is 3. The molecule has 0 bridgehead atoms. The Morgan fingerprint density at radius 2 is 2.00 bits per heavy atom. The predicted octanol–water partition coefficient (Wildman–Crippen LogP) is 2.04. The summed E-state index contributed by atoms with van der Waals surface area (Å²) < 4.78 is 5.11. The molecule has 3 nitrogen and oxygen atoms in total. The van der Waals surface area contributed by atoms with Crippen LogP contribution in [0.4, 0.5) is 0 Å². The highest BCUT2D eigenvalue weighted by molar-refractivity contribution is 5.90. The number of esters is 1. The fourth-order valence-electron chi connectivity index (χ4n) is 1.54. The third-order valence-corrected chi connectivity index (χ3v) is 2.41. The molecule has 15 heavy (non-hydrogen) atoms. The van der Waals surface area contributed by atoms with Gasteiger partial charge in [0.05, 0.1) is 0 Å². The number of hydrogen-bond donors (Lipinski definition) is 0. The summed E-state index contributed by atoms with van der Waals surface area (Å²) in [6.45, 7) is 3.61. The Bertz CT molecular complexity index is 401. The third-order valence-electron chi connectivity index (χ3n) is 2.41. The molecule has 1 atom stereocenters. The van der Waals surface area contributed by atoms with Gasteiger partial charge in [0.15, 0.2) is 0 Å². The smallest absolute Gasteiger partial charge is 0.334 e. The lowest BCUT2D eigenvalue weighted by atomic mass is 10.0. The number of cyclic esters (lactones) is 1. The van der Waals surface area contributed by atoms with Crippen LogP contribution in [0, 0.1) is 0 Å². The van der Waals surface area contributed by atoms with E-state index < -0.39 is 0 Å². The molecule has 3 heteroatoms. The molecule has 0 radical (unpaired) electrons. The summed E-state index contributed by atoms with van der Waals surface area (Å²) in [5.41, 5.74) is 2.01. The number of benzene rings is 1. The van der Waals surface area contributed by atoms with Crippen molar-refractivity contribution in [1.82, 2.24) is 0 Å². The lowest BCUT2D eigenvalue weighted by molar-refractivity contribution is -0.139. The first-order valence-corrected chi connectivity index (χ1v) is 4.64. The Balaban J connectivity index is 2.20. The molecule has 0 amide bonds. The number of aldehydes is 1. The predicted molar refractivity (Wildman–Crippen MR) is 54.4 cm³/mol. The van der Waals surface area contributed by atoms with Crippen molar-refractivity contribution in [3.05, 3.63) is 47.5 Å². The maximum absolute atomic E-state index is 11.1. The first-order chi connectivity index (χ1) is 7.20. The summed E-state index contributed by atoms with van der Waals surface area (Å²) in [4.78, 5) is 21.5. The Labute approximate surface area is 87.4 Å². The SMILES string of the molecule is C=C1CC(c2ccc(C=O)cc2)OC1=O. The summed E-state index contributed by atoms with van der Waals surface area (Å²) in [5.74, 6) is -0.334. The molecule has 1 saturated heterocycles. The van der Waals surface area contributed by atoms with E-state index >= 15 is 0 Å². The minimum absolute atomic E-state index is 0.245. The zero-order chi connectivity index (χ0) is 10.8. The van der Waals surface area contributed by atoms with Crippen LogP contribution >= 0.6 is 0 Å². The van der Waals surface area contributed by atoms with Crippen molar-refractivity contribution < 1.29 is 14.3 Å². The van der Waals surface area contributed by atoms with Crippen molar-refractivity contribution in [3.63, 3.8) is 0 Å². The van der Waals surface area contributed by atoms with Crippen LogP contribution in [0.15, 0.2) is 36.4 Å². The van der Waals surface area contributed by atoms with Gasteiger partial charge in [-0.2, -0.15) is 0 Å². The Hall–Kier alpha value is -1.90. The second-order valence-corrected chi connectivity index (χ2v) is 3.49. The van der Waals surface area contributed by atoms with E-state index in [2.05, 4.69) is 6.58 Å². The fourth-order valence-corrected chi connectivity index (χ4v) is 1.54. The van der Waals surface area contributed by atoms with E-state index in [0.717, 1.165) is 11.8 Å². The summed E-state index contributed by atoms with van der Waals surface area (Å²) in [6.07, 6.45) is 1.06. The van der Waals surface area contributed by atoms with E-state index in [0.29, 0.717) is 17.6 Å². The van der Waals surface area contributed by atoms with Gasteiger partial charge >= 0.3 is 5.97 Å². The Kier molecular flexibility index (Phi) is 2.37. The maximum Gasteiger partial charge on any atom is 0.334 e. The van der Waals surface area contributed by atoms with Crippen molar-refractivity contribution in [1.29, 1.82) is 0 Å². The molecule has 1 unspecified atom stereocenters. The third kappa shape index (κ3) is 1.81. The molecular formula is C12H10O3. The number of rotatable bonds is 2. The number of carbonyl (C=O) groups is 2. The molecule has 0 spiro atoms. The van der Waals surface area contributed by atoms with E-state index in [4.69, 9.17) is 4.74 Å². The Morgan fingerprint density at radius 3 is 2.47 bits per heavy atom. The summed E-state index contributed by atoms with van der Waals surface area (Å²) in [5, 5.41) is 0. The molecule has 0 N–H and O–H groups in total. The molecule has 2 rings (SSSR count). The van der Waals surface area contributed by atoms with Crippen molar-refractivity contribution in [2.45, 2.75) is 12.5 Å². The Morgan fingerprint density at radius 1 is 1.33 bits per heavy atom. The van der Waals surface area contributed by atoms with Gasteiger partial charge in [-0.05, 0) is 5.56 Å². The van der Waals surface area contributed by atoms with Crippen LogP contribution in [0.3, 0.4) is 0 Å². The van der Waals surface area contributed by atoms with E-state index in [1.807, 2.05) is 0 Å². The van der Waals surface area contributed by atoms with Crippen LogP contribution in [0.25, 0.3) is 0 Å². The molecule has 1 aliphatic rings. The first kappa shape index (κ1) is 9.65. The van der Waals surface area contributed by atoms with Crippen LogP contribution < -0.4 is 0 Å². The van der Waals surface area contributed by atoms with Crippen molar-refractivity contribution in [2.75, 3.05) is 0 Å². The first-order valence-electron chi connectivity index (χ1n) is 4.64. The molecule has 1 aromatic carbocycles. The van der Waals surface area contributed by atoms with Crippen LogP contribution in [-0.2, 0) is 9.53 Å². The minimum Gasteiger partial charge on any atom is -0.454 e. The largest absolute Gasteiger partial charge is 0.454 e. The second-order valence-electron chi connectivity index (χ2n) is 3.49. The highest BCUT2D eigenvalue weighted by atomic mass is 16.5. The van der Waals surface area contributed by atoms with Gasteiger partial charge < -0.3 is 4.74 Å². The summed E-state index contributed by atoms with van der Waals surface area (Å²) >= 11 is 0. The van der Waals surface area contributed by atoms with Crippen LogP contribution in [0.1, 0.15) is 28.4 Å². The topological polar surface area (TPSA) is 43.4 Å². The standard InChI is InChI=1S/C12H10O3/c1-8-6-11(15-12(8)14)10-4-2-9(7-13)3-5-10/h2-5,7,11H,1,6H2. The highest BCUT2D eigenvalue weighted by Gasteiger charge is 2.28. The van der Waals surface area contributed by atoms with Crippen LogP contribution in [-0.4, -0.2) is 12.3 Å². The van der Waals surface area contributed by atoms with E-state index in [9.17, 15) is 9.59 Å². The molecule has 0 aromatic heterocycles. The molecule has 0 aliphatic carbocycles. The highest BCUT2D eigenvalue weighted by Crippen LogP contribution is 2.31. The fraction of sp³-hybridized carbons (Fsp3) is 0.167. The van der Waals surface area contributed by atoms with Crippen molar-refractivity contribution >= 4 is 12.3 Å². The van der Waals surface area contributed by atoms with Gasteiger partial charge in [-0.15, -0.1) is 0 Å². The van der Waals surface area contributed by atoms with Gasteiger partial charge in [-0.3, -0.25) is 4.79 Å². The number of carbonyl (C=O) groups excluding carboxylic acids is 2. The quantitative estimate of drug-likeness (QED) is 0.418. The van der Waals surface area contributed by atoms with Gasteiger partial charge in [0.1, 0.15) is 12.4 Å². The second kappa shape index (κ2) is 3.69. The van der Waals surface area contributed by atoms with Gasteiger partial charge in [0.2, 0.25) is 0 Å². The van der Waals surface area contributed by atoms with Crippen molar-refractivity contribution in [2.24, 2.45) is 0 Å². The molecule has 0 saturated carbocycles. The van der Waals surface area contributed by atoms with Crippen LogP contribution in [0.5, 0.6) is 0 Å². The molecule has 76 valence electrons. The number of ether oxygens (including phenoxy) is 1. The molecule has 1 fully saturated rings. The van der Waals surface area contributed by atoms with Gasteiger partial charge in [0, 0.05) is 17.6 Å². The zero-order valence-corrected chi connectivity index (χ0v) is 8.10.